The highest BCUT2D eigenvalue weighted by Gasteiger charge is 2.40. The molecule has 3 heterocycles. The molecule has 0 spiro atoms. The molecule has 1 aromatic heterocycles. The van der Waals surface area contributed by atoms with E-state index >= 15 is 0 Å². The number of piperidine rings is 1. The lowest BCUT2D eigenvalue weighted by Crippen LogP contribution is -2.63. The molecule has 2 aliphatic heterocycles. The molecule has 11 heteroatoms. The van der Waals surface area contributed by atoms with Gasteiger partial charge in [-0.15, -0.1) is 5.10 Å². The Balaban J connectivity index is 1.20. The van der Waals surface area contributed by atoms with Crippen LogP contribution in [0, 0.1) is 11.7 Å². The van der Waals surface area contributed by atoms with E-state index in [-0.39, 0.29) is 29.9 Å². The lowest BCUT2D eigenvalue weighted by atomic mass is 9.82. The predicted molar refractivity (Wildman–Crippen MR) is 145 cm³/mol. The highest BCUT2D eigenvalue weighted by Crippen LogP contribution is 2.35. The summed E-state index contributed by atoms with van der Waals surface area (Å²) in [7, 11) is 0.386. The number of benzene rings is 1. The molecule has 0 bridgehead atoms. The van der Waals surface area contributed by atoms with Gasteiger partial charge in [-0.3, -0.25) is 0 Å². The number of aromatic nitrogens is 2. The van der Waals surface area contributed by atoms with E-state index in [0.29, 0.717) is 45.1 Å². The van der Waals surface area contributed by atoms with Crippen LogP contribution >= 0.6 is 0 Å². The first-order chi connectivity index (χ1) is 18.3. The smallest absolute Gasteiger partial charge is 0.279 e. The van der Waals surface area contributed by atoms with Gasteiger partial charge >= 0.3 is 0 Å². The van der Waals surface area contributed by atoms with Crippen molar-refractivity contribution in [2.75, 3.05) is 51.8 Å². The Labute approximate surface area is 225 Å². The minimum Gasteiger partial charge on any atom is -0.378 e. The summed E-state index contributed by atoms with van der Waals surface area (Å²) < 4.78 is 50.9. The Bertz CT molecular complexity index is 1160. The third-order valence-corrected chi connectivity index (χ3v) is 9.93. The van der Waals surface area contributed by atoms with Gasteiger partial charge in [0.25, 0.3) is 10.2 Å². The molecule has 2 saturated heterocycles. The fraction of sp³-hybridized carbons (Fsp3) is 0.630. The molecule has 1 saturated carbocycles. The molecule has 3 fully saturated rings. The quantitative estimate of drug-likeness (QED) is 0.517. The normalized spacial score (nSPS) is 27.4. The minimum absolute atomic E-state index is 0.0209. The average molecular weight is 547 g/mol. The van der Waals surface area contributed by atoms with E-state index in [0.717, 1.165) is 37.1 Å². The standard InChI is InChI=1S/C27H39FN6O3S/c1-32(2)24-17-34(18-24)38(35,36)31-26-12-14-33(27-7-4-13-29-30-27)16-22(26)19-37-25-10-8-20(9-11-25)21-5-3-6-23(28)15-21/h3-7,13,15,20,22,24-26,31H,8-12,14,16-19H2,1-2H3/t20-,22-,25+,26-/m0/s1. The van der Waals surface area contributed by atoms with Crippen molar-refractivity contribution in [3.05, 3.63) is 54.0 Å². The fourth-order valence-corrected chi connectivity index (χ4v) is 7.39. The summed E-state index contributed by atoms with van der Waals surface area (Å²) in [5.41, 5.74) is 1.06. The molecule has 0 amide bonds. The number of nitrogens with zero attached hydrogens (tertiary/aromatic N) is 5. The number of rotatable bonds is 9. The fourth-order valence-electron chi connectivity index (χ4n) is 5.81. The SMILES string of the molecule is CN(C)C1CN(S(=O)(=O)N[C@H]2CCN(c3cccnn3)C[C@H]2CO[C@H]2CC[C@@H](c3cccc(F)c3)CC2)C1. The predicted octanol–water partition coefficient (Wildman–Crippen LogP) is 2.63. The Kier molecular flexibility index (Phi) is 8.59. The van der Waals surface area contributed by atoms with Crippen molar-refractivity contribution in [2.24, 2.45) is 5.92 Å². The van der Waals surface area contributed by atoms with Crippen LogP contribution in [0.15, 0.2) is 42.6 Å². The maximum absolute atomic E-state index is 13.7. The second-order valence-corrected chi connectivity index (χ2v) is 12.8. The molecule has 208 valence electrons. The van der Waals surface area contributed by atoms with Crippen molar-refractivity contribution in [2.45, 2.75) is 56.2 Å². The minimum atomic E-state index is -3.57. The van der Waals surface area contributed by atoms with E-state index in [1.807, 2.05) is 32.3 Å². The van der Waals surface area contributed by atoms with Gasteiger partial charge in [0.2, 0.25) is 0 Å². The third kappa shape index (κ3) is 6.51. The summed E-state index contributed by atoms with van der Waals surface area (Å²) in [5.74, 6) is 0.947. The van der Waals surface area contributed by atoms with Crippen LogP contribution in [0.2, 0.25) is 0 Å². The lowest BCUT2D eigenvalue weighted by molar-refractivity contribution is -0.00238. The van der Waals surface area contributed by atoms with Crippen molar-refractivity contribution in [1.29, 1.82) is 0 Å². The van der Waals surface area contributed by atoms with Crippen molar-refractivity contribution in [3.8, 4) is 0 Å². The molecule has 0 radical (unpaired) electrons. The van der Waals surface area contributed by atoms with E-state index in [4.69, 9.17) is 4.74 Å². The van der Waals surface area contributed by atoms with Crippen LogP contribution in [-0.2, 0) is 14.9 Å². The van der Waals surface area contributed by atoms with Crippen molar-refractivity contribution < 1.29 is 17.5 Å². The number of hydrogen-bond acceptors (Lipinski definition) is 7. The van der Waals surface area contributed by atoms with Crippen LogP contribution in [0.3, 0.4) is 0 Å². The summed E-state index contributed by atoms with van der Waals surface area (Å²) in [6.45, 7) is 2.83. The lowest BCUT2D eigenvalue weighted by Gasteiger charge is -2.44. The zero-order valence-corrected chi connectivity index (χ0v) is 23.1. The number of nitrogens with one attached hydrogen (secondary N) is 1. The molecule has 1 aromatic carbocycles. The second kappa shape index (κ2) is 11.9. The van der Waals surface area contributed by atoms with Crippen LogP contribution in [0.4, 0.5) is 10.2 Å². The van der Waals surface area contributed by atoms with Gasteiger partial charge in [0.15, 0.2) is 5.82 Å². The van der Waals surface area contributed by atoms with Gasteiger partial charge in [0, 0.05) is 50.4 Å². The topological polar surface area (TPSA) is 90.9 Å². The van der Waals surface area contributed by atoms with Crippen LogP contribution < -0.4 is 9.62 Å². The molecule has 1 N–H and O–H groups in total. The Hall–Kier alpha value is -2.18. The van der Waals surface area contributed by atoms with Gasteiger partial charge in [0.1, 0.15) is 5.82 Å². The van der Waals surface area contributed by atoms with Gasteiger partial charge in [0.05, 0.1) is 12.7 Å². The maximum atomic E-state index is 13.7. The Morgan fingerprint density at radius 1 is 1.08 bits per heavy atom. The zero-order chi connectivity index (χ0) is 26.7. The average Bonchev–Trinajstić information content (AvgIpc) is 2.87. The molecule has 2 aromatic rings. The van der Waals surface area contributed by atoms with Gasteiger partial charge < -0.3 is 14.5 Å². The number of likely N-dealkylation sites (N-methyl/N-ethyl adjacent to an activating group) is 1. The first kappa shape index (κ1) is 27.4. The molecular formula is C27H39FN6O3S. The number of hydrogen-bond donors (Lipinski definition) is 1. The first-order valence-electron chi connectivity index (χ1n) is 13.6. The molecule has 38 heavy (non-hydrogen) atoms. The summed E-state index contributed by atoms with van der Waals surface area (Å²) in [5, 5.41) is 8.28. The van der Waals surface area contributed by atoms with E-state index in [1.165, 1.54) is 10.4 Å². The van der Waals surface area contributed by atoms with Crippen molar-refractivity contribution >= 4 is 16.0 Å². The molecular weight excluding hydrogens is 507 g/mol. The second-order valence-electron chi connectivity index (χ2n) is 11.1. The molecule has 2 atom stereocenters. The first-order valence-corrected chi connectivity index (χ1v) is 15.1. The highest BCUT2D eigenvalue weighted by molar-refractivity contribution is 7.87. The summed E-state index contributed by atoms with van der Waals surface area (Å²) in [6, 6.07) is 10.8. The van der Waals surface area contributed by atoms with Crippen molar-refractivity contribution in [3.63, 3.8) is 0 Å². The van der Waals surface area contributed by atoms with Gasteiger partial charge in [-0.05, 0) is 81.9 Å². The number of anilines is 1. The summed E-state index contributed by atoms with van der Waals surface area (Å²) in [4.78, 5) is 4.23. The largest absolute Gasteiger partial charge is 0.378 e. The van der Waals surface area contributed by atoms with Crippen molar-refractivity contribution in [1.82, 2.24) is 24.1 Å². The Morgan fingerprint density at radius 3 is 2.55 bits per heavy atom. The van der Waals surface area contributed by atoms with E-state index in [9.17, 15) is 12.8 Å². The van der Waals surface area contributed by atoms with Gasteiger partial charge in [-0.1, -0.05) is 12.1 Å². The van der Waals surface area contributed by atoms with Crippen LogP contribution in [0.1, 0.15) is 43.6 Å². The van der Waals surface area contributed by atoms with Gasteiger partial charge in [-0.25, -0.2) is 4.39 Å². The molecule has 0 unspecified atom stereocenters. The van der Waals surface area contributed by atoms with Crippen LogP contribution in [0.25, 0.3) is 0 Å². The van der Waals surface area contributed by atoms with E-state index < -0.39 is 10.2 Å². The molecule has 5 rings (SSSR count). The zero-order valence-electron chi connectivity index (χ0n) is 22.2. The molecule has 9 nitrogen and oxygen atoms in total. The number of halogens is 1. The summed E-state index contributed by atoms with van der Waals surface area (Å²) in [6.07, 6.45) is 6.20. The van der Waals surface area contributed by atoms with E-state index in [2.05, 4.69) is 24.7 Å². The monoisotopic (exact) mass is 546 g/mol. The van der Waals surface area contributed by atoms with Gasteiger partial charge in [-0.2, -0.15) is 22.5 Å². The van der Waals surface area contributed by atoms with Crippen LogP contribution in [0.5, 0.6) is 0 Å². The third-order valence-electron chi connectivity index (χ3n) is 8.36. The summed E-state index contributed by atoms with van der Waals surface area (Å²) >= 11 is 0. The maximum Gasteiger partial charge on any atom is 0.279 e. The molecule has 3 aliphatic rings. The van der Waals surface area contributed by atoms with Crippen LogP contribution in [-0.4, -0.2) is 92.9 Å². The van der Waals surface area contributed by atoms with E-state index in [1.54, 1.807) is 18.3 Å². The Morgan fingerprint density at radius 2 is 1.87 bits per heavy atom. The number of ether oxygens (including phenoxy) is 1. The molecule has 1 aliphatic carbocycles. The highest BCUT2D eigenvalue weighted by atomic mass is 32.2.